The summed E-state index contributed by atoms with van der Waals surface area (Å²) in [6.45, 7) is 0. The van der Waals surface area contributed by atoms with Crippen LogP contribution in [0.5, 0.6) is 0 Å². The van der Waals surface area contributed by atoms with Crippen LogP contribution in [0.4, 0.5) is 0 Å². The SMILES string of the molecule is COC(=O)c1cccc(CSc2ccc(Br)cc2)c1. The van der Waals surface area contributed by atoms with E-state index in [4.69, 9.17) is 4.74 Å². The summed E-state index contributed by atoms with van der Waals surface area (Å²) in [5, 5.41) is 0. The van der Waals surface area contributed by atoms with Gasteiger partial charge in [0.2, 0.25) is 0 Å². The molecular weight excluding hydrogens is 324 g/mol. The number of thioether (sulfide) groups is 1. The maximum atomic E-state index is 11.4. The highest BCUT2D eigenvalue weighted by Crippen LogP contribution is 2.24. The van der Waals surface area contributed by atoms with Gasteiger partial charge >= 0.3 is 5.97 Å². The minimum absolute atomic E-state index is 0.296. The largest absolute Gasteiger partial charge is 0.465 e. The molecule has 0 saturated heterocycles. The first-order valence-corrected chi connectivity index (χ1v) is 7.52. The molecule has 98 valence electrons. The number of carbonyl (C=O) groups is 1. The zero-order chi connectivity index (χ0) is 13.7. The summed E-state index contributed by atoms with van der Waals surface area (Å²) >= 11 is 5.15. The maximum Gasteiger partial charge on any atom is 0.337 e. The second-order valence-electron chi connectivity index (χ2n) is 3.93. The third-order valence-corrected chi connectivity index (χ3v) is 4.18. The zero-order valence-corrected chi connectivity index (χ0v) is 12.8. The molecule has 0 aliphatic carbocycles. The summed E-state index contributed by atoms with van der Waals surface area (Å²) < 4.78 is 5.79. The predicted molar refractivity (Wildman–Crippen MR) is 81.5 cm³/mol. The van der Waals surface area contributed by atoms with E-state index in [1.54, 1.807) is 17.8 Å². The molecule has 2 aromatic rings. The third kappa shape index (κ3) is 4.11. The number of carbonyl (C=O) groups excluding carboxylic acids is 1. The van der Waals surface area contributed by atoms with Crippen molar-refractivity contribution in [3.63, 3.8) is 0 Å². The molecule has 0 heterocycles. The molecule has 19 heavy (non-hydrogen) atoms. The smallest absolute Gasteiger partial charge is 0.337 e. The van der Waals surface area contributed by atoms with Gasteiger partial charge in [-0.3, -0.25) is 0 Å². The lowest BCUT2D eigenvalue weighted by atomic mass is 10.1. The van der Waals surface area contributed by atoms with Gasteiger partial charge in [0.1, 0.15) is 0 Å². The molecule has 0 unspecified atom stereocenters. The van der Waals surface area contributed by atoms with Crippen molar-refractivity contribution in [2.24, 2.45) is 0 Å². The van der Waals surface area contributed by atoms with Gasteiger partial charge in [0.15, 0.2) is 0 Å². The fourth-order valence-electron chi connectivity index (χ4n) is 1.60. The van der Waals surface area contributed by atoms with Gasteiger partial charge < -0.3 is 4.74 Å². The van der Waals surface area contributed by atoms with Crippen molar-refractivity contribution in [2.75, 3.05) is 7.11 Å². The van der Waals surface area contributed by atoms with Crippen LogP contribution in [0.2, 0.25) is 0 Å². The van der Waals surface area contributed by atoms with E-state index < -0.39 is 0 Å². The second kappa shape index (κ2) is 6.78. The van der Waals surface area contributed by atoms with Crippen molar-refractivity contribution in [3.05, 3.63) is 64.1 Å². The van der Waals surface area contributed by atoms with Crippen LogP contribution in [0.1, 0.15) is 15.9 Å². The van der Waals surface area contributed by atoms with Crippen LogP contribution in [0.25, 0.3) is 0 Å². The van der Waals surface area contributed by atoms with Gasteiger partial charge in [-0.2, -0.15) is 0 Å². The van der Waals surface area contributed by atoms with Crippen molar-refractivity contribution in [1.82, 2.24) is 0 Å². The van der Waals surface area contributed by atoms with Crippen molar-refractivity contribution < 1.29 is 9.53 Å². The van der Waals surface area contributed by atoms with Crippen LogP contribution < -0.4 is 0 Å². The molecule has 0 aromatic heterocycles. The number of hydrogen-bond acceptors (Lipinski definition) is 3. The predicted octanol–water partition coefficient (Wildman–Crippen LogP) is 4.53. The summed E-state index contributed by atoms with van der Waals surface area (Å²) in [4.78, 5) is 12.6. The van der Waals surface area contributed by atoms with Crippen molar-refractivity contribution in [2.45, 2.75) is 10.6 Å². The first kappa shape index (κ1) is 14.2. The molecule has 0 fully saturated rings. The van der Waals surface area contributed by atoms with Gasteiger partial charge in [0.05, 0.1) is 12.7 Å². The molecule has 0 bridgehead atoms. The minimum atomic E-state index is -0.296. The second-order valence-corrected chi connectivity index (χ2v) is 5.90. The molecule has 2 rings (SSSR count). The number of hydrogen-bond donors (Lipinski definition) is 0. The van der Waals surface area contributed by atoms with E-state index in [0.717, 1.165) is 15.8 Å². The molecule has 0 amide bonds. The highest BCUT2D eigenvalue weighted by atomic mass is 79.9. The lowest BCUT2D eigenvalue weighted by molar-refractivity contribution is 0.0600. The van der Waals surface area contributed by atoms with Crippen LogP contribution in [0.15, 0.2) is 57.9 Å². The molecule has 0 atom stereocenters. The molecule has 0 aliphatic rings. The Morgan fingerprint density at radius 2 is 1.95 bits per heavy atom. The molecule has 0 spiro atoms. The Morgan fingerprint density at radius 3 is 2.63 bits per heavy atom. The van der Waals surface area contributed by atoms with Crippen molar-refractivity contribution in [1.29, 1.82) is 0 Å². The third-order valence-electron chi connectivity index (χ3n) is 2.57. The van der Waals surface area contributed by atoms with Gasteiger partial charge in [0.25, 0.3) is 0 Å². The summed E-state index contributed by atoms with van der Waals surface area (Å²) in [6.07, 6.45) is 0. The van der Waals surface area contributed by atoms with E-state index in [1.165, 1.54) is 12.0 Å². The summed E-state index contributed by atoms with van der Waals surface area (Å²) in [7, 11) is 1.39. The standard InChI is InChI=1S/C15H13BrO2S/c1-18-15(17)12-4-2-3-11(9-12)10-19-14-7-5-13(16)6-8-14/h2-9H,10H2,1H3. The van der Waals surface area contributed by atoms with Gasteiger partial charge in [-0.25, -0.2) is 4.79 Å². The highest BCUT2D eigenvalue weighted by Gasteiger charge is 2.05. The Hall–Kier alpha value is -1.26. The Bertz CT molecular complexity index is 567. The molecule has 0 radical (unpaired) electrons. The lowest BCUT2D eigenvalue weighted by Gasteiger charge is -2.04. The van der Waals surface area contributed by atoms with Gasteiger partial charge in [-0.1, -0.05) is 28.1 Å². The molecule has 0 aliphatic heterocycles. The van der Waals surface area contributed by atoms with Crippen molar-refractivity contribution in [3.8, 4) is 0 Å². The van der Waals surface area contributed by atoms with E-state index in [1.807, 2.05) is 30.3 Å². The number of benzene rings is 2. The van der Waals surface area contributed by atoms with E-state index in [-0.39, 0.29) is 5.97 Å². The summed E-state index contributed by atoms with van der Waals surface area (Å²) in [5.74, 6) is 0.530. The van der Waals surface area contributed by atoms with Gasteiger partial charge in [-0.05, 0) is 42.0 Å². The van der Waals surface area contributed by atoms with E-state index in [0.29, 0.717) is 5.56 Å². The molecule has 2 nitrogen and oxygen atoms in total. The molecule has 0 saturated carbocycles. The lowest BCUT2D eigenvalue weighted by Crippen LogP contribution is -2.01. The van der Waals surface area contributed by atoms with E-state index >= 15 is 0 Å². The van der Waals surface area contributed by atoms with Crippen LogP contribution >= 0.6 is 27.7 Å². The number of ether oxygens (including phenoxy) is 1. The zero-order valence-electron chi connectivity index (χ0n) is 10.4. The molecular formula is C15H13BrO2S. The van der Waals surface area contributed by atoms with Crippen molar-refractivity contribution >= 4 is 33.7 Å². The number of rotatable bonds is 4. The fourth-order valence-corrected chi connectivity index (χ4v) is 2.71. The maximum absolute atomic E-state index is 11.4. The van der Waals surface area contributed by atoms with E-state index in [2.05, 4.69) is 28.1 Å². The van der Waals surface area contributed by atoms with Crippen LogP contribution in [-0.2, 0) is 10.5 Å². The monoisotopic (exact) mass is 336 g/mol. The van der Waals surface area contributed by atoms with Crippen LogP contribution in [0, 0.1) is 0 Å². The molecule has 4 heteroatoms. The highest BCUT2D eigenvalue weighted by molar-refractivity contribution is 9.10. The number of esters is 1. The van der Waals surface area contributed by atoms with Crippen LogP contribution in [-0.4, -0.2) is 13.1 Å². The summed E-state index contributed by atoms with van der Waals surface area (Å²) in [6, 6.07) is 15.7. The Kier molecular flexibility index (Phi) is 5.05. The average Bonchev–Trinajstić information content (AvgIpc) is 2.46. The van der Waals surface area contributed by atoms with E-state index in [9.17, 15) is 4.79 Å². The first-order valence-electron chi connectivity index (χ1n) is 5.74. The number of methoxy groups -OCH3 is 1. The first-order chi connectivity index (χ1) is 9.19. The molecule has 0 N–H and O–H groups in total. The normalized spacial score (nSPS) is 10.2. The molecule has 2 aromatic carbocycles. The van der Waals surface area contributed by atoms with Gasteiger partial charge in [0, 0.05) is 15.1 Å². The Labute approximate surface area is 125 Å². The Morgan fingerprint density at radius 1 is 1.21 bits per heavy atom. The topological polar surface area (TPSA) is 26.3 Å². The van der Waals surface area contributed by atoms with Gasteiger partial charge in [-0.15, -0.1) is 11.8 Å². The fraction of sp³-hybridized carbons (Fsp3) is 0.133. The quantitative estimate of drug-likeness (QED) is 0.606. The summed E-state index contributed by atoms with van der Waals surface area (Å²) in [5.41, 5.74) is 1.70. The average molecular weight is 337 g/mol. The Balaban J connectivity index is 2.03. The number of halogens is 1. The van der Waals surface area contributed by atoms with Crippen LogP contribution in [0.3, 0.4) is 0 Å². The minimum Gasteiger partial charge on any atom is -0.465 e.